The van der Waals surface area contributed by atoms with Gasteiger partial charge in [0.05, 0.1) is 34.3 Å². The lowest BCUT2D eigenvalue weighted by atomic mass is 9.61. The van der Waals surface area contributed by atoms with Crippen molar-refractivity contribution in [1.82, 2.24) is 4.57 Å². The molecule has 3 heterocycles. The van der Waals surface area contributed by atoms with Crippen molar-refractivity contribution >= 4 is 38.7 Å². The molecule has 0 radical (unpaired) electrons. The Balaban J connectivity index is 1.81. The molecule has 0 unspecified atom stereocenters. The molecule has 0 N–H and O–H groups in total. The lowest BCUT2D eigenvalue weighted by Gasteiger charge is -2.32. The number of rotatable bonds is 9. The summed E-state index contributed by atoms with van der Waals surface area (Å²) in [5, 5.41) is 0.871. The van der Waals surface area contributed by atoms with Gasteiger partial charge in [-0.25, -0.2) is 0 Å². The average molecular weight is 607 g/mol. The Morgan fingerprint density at radius 1 is 0.833 bits per heavy atom. The van der Waals surface area contributed by atoms with Crippen LogP contribution in [0.5, 0.6) is 0 Å². The summed E-state index contributed by atoms with van der Waals surface area (Å²) in [6.45, 7) is 22.9. The molecule has 0 aliphatic carbocycles. The van der Waals surface area contributed by atoms with E-state index < -0.39 is 57.3 Å². The average Bonchev–Trinajstić information content (AvgIpc) is 3.37. The second-order valence-corrected chi connectivity index (χ2v) is 20.4. The van der Waals surface area contributed by atoms with Crippen LogP contribution in [-0.4, -0.2) is 62.1 Å². The predicted molar refractivity (Wildman–Crippen MR) is 166 cm³/mol. The maximum Gasteiger partial charge on any atom is 0.494 e. The topological polar surface area (TPSA) is 51.1 Å². The van der Waals surface area contributed by atoms with E-state index in [1.54, 1.807) is 0 Å². The largest absolute Gasteiger partial charge is 0.494 e. The third-order valence-electron chi connectivity index (χ3n) is 9.07. The summed E-state index contributed by atoms with van der Waals surface area (Å²) in [6.07, 6.45) is -3.81. The summed E-state index contributed by atoms with van der Waals surface area (Å²) in [7, 11) is -3.50. The molecule has 2 saturated heterocycles. The van der Waals surface area contributed by atoms with Crippen LogP contribution in [0.2, 0.25) is 25.7 Å². The highest BCUT2D eigenvalue weighted by atomic mass is 28.3. The highest BCUT2D eigenvalue weighted by Gasteiger charge is 2.58. The fraction of sp³-hybridized carbons (Fsp3) is 0.667. The number of nitrogens with zero attached hydrogens (tertiary/aromatic N) is 1. The number of halogens is 3. The van der Waals surface area contributed by atoms with E-state index in [-0.39, 0.29) is 10.9 Å². The molecule has 2 aromatic rings. The molecule has 0 amide bonds. The fourth-order valence-corrected chi connectivity index (χ4v) is 5.72. The van der Waals surface area contributed by atoms with Crippen molar-refractivity contribution in [1.29, 1.82) is 0 Å². The Morgan fingerprint density at radius 2 is 1.36 bits per heavy atom. The molecule has 6 nitrogen and oxygen atoms in total. The molecule has 0 atom stereocenters. The molecular weight excluding hydrogens is 561 g/mol. The smallest absolute Gasteiger partial charge is 0.400 e. The summed E-state index contributed by atoms with van der Waals surface area (Å²) in [5.41, 5.74) is -1.46. The minimum absolute atomic E-state index is 0.0480. The Hall–Kier alpha value is -1.56. The number of hydrogen-bond acceptors (Lipinski definition) is 5. The number of allylic oxidation sites excluding steroid dienone is 1. The Bertz CT molecular complexity index is 1300. The molecule has 2 aliphatic heterocycles. The van der Waals surface area contributed by atoms with Gasteiger partial charge in [0.15, 0.2) is 0 Å². The van der Waals surface area contributed by atoms with Gasteiger partial charge < -0.3 is 27.9 Å². The van der Waals surface area contributed by atoms with Crippen molar-refractivity contribution in [3.05, 3.63) is 41.5 Å². The molecule has 232 valence electrons. The van der Waals surface area contributed by atoms with Gasteiger partial charge in [0.2, 0.25) is 0 Å². The highest BCUT2D eigenvalue weighted by molar-refractivity contribution is 6.76. The molecule has 0 spiro atoms. The molecule has 4 rings (SSSR count). The lowest BCUT2D eigenvalue weighted by Crippen LogP contribution is -2.41. The summed E-state index contributed by atoms with van der Waals surface area (Å²) in [5.74, 6) is 0. The van der Waals surface area contributed by atoms with Gasteiger partial charge in [-0.3, -0.25) is 0 Å². The molecule has 12 heteroatoms. The van der Waals surface area contributed by atoms with Crippen molar-refractivity contribution in [3.8, 4) is 0 Å². The first-order valence-electron chi connectivity index (χ1n) is 14.7. The summed E-state index contributed by atoms with van der Waals surface area (Å²) in [6, 6.07) is 8.63. The van der Waals surface area contributed by atoms with Gasteiger partial charge in [-0.1, -0.05) is 25.7 Å². The number of alkyl halides is 3. The third-order valence-corrected chi connectivity index (χ3v) is 10.8. The zero-order valence-corrected chi connectivity index (χ0v) is 28.0. The van der Waals surface area contributed by atoms with Crippen LogP contribution >= 0.6 is 0 Å². The van der Waals surface area contributed by atoms with E-state index in [4.69, 9.17) is 23.4 Å². The van der Waals surface area contributed by atoms with Crippen LogP contribution in [0.4, 0.5) is 13.2 Å². The quantitative estimate of drug-likeness (QED) is 0.214. The maximum atomic E-state index is 14.2. The molecule has 2 fully saturated rings. The van der Waals surface area contributed by atoms with Gasteiger partial charge in [0, 0.05) is 26.3 Å². The van der Waals surface area contributed by atoms with E-state index in [1.807, 2.05) is 90.4 Å². The first kappa shape index (κ1) is 33.3. The Labute approximate surface area is 250 Å². The van der Waals surface area contributed by atoms with Gasteiger partial charge in [0.1, 0.15) is 6.73 Å². The van der Waals surface area contributed by atoms with E-state index >= 15 is 0 Å². The van der Waals surface area contributed by atoms with Gasteiger partial charge >= 0.3 is 20.4 Å². The van der Waals surface area contributed by atoms with Gasteiger partial charge in [-0.15, -0.1) is 0 Å². The Kier molecular flexibility index (Phi) is 8.81. The first-order valence-corrected chi connectivity index (χ1v) is 18.4. The zero-order valence-electron chi connectivity index (χ0n) is 27.0. The van der Waals surface area contributed by atoms with Crippen molar-refractivity contribution in [3.63, 3.8) is 0 Å². The molecule has 1 aromatic heterocycles. The van der Waals surface area contributed by atoms with Crippen LogP contribution in [0.25, 0.3) is 16.4 Å². The monoisotopic (exact) mass is 607 g/mol. The lowest BCUT2D eigenvalue weighted by molar-refractivity contribution is -0.126. The number of ether oxygens (including phenoxy) is 1. The van der Waals surface area contributed by atoms with Crippen LogP contribution in [0.1, 0.15) is 67.4 Å². The molecule has 0 bridgehead atoms. The van der Waals surface area contributed by atoms with E-state index in [1.165, 1.54) is 0 Å². The minimum Gasteiger partial charge on any atom is -0.400 e. The summed E-state index contributed by atoms with van der Waals surface area (Å²) >= 11 is 0. The third kappa shape index (κ3) is 7.05. The van der Waals surface area contributed by atoms with E-state index in [2.05, 4.69) is 19.6 Å². The fourth-order valence-electron chi connectivity index (χ4n) is 4.96. The van der Waals surface area contributed by atoms with E-state index in [9.17, 15) is 13.2 Å². The number of benzene rings is 1. The number of aromatic nitrogens is 1. The number of hydrogen-bond donors (Lipinski definition) is 0. The standard InChI is InChI=1S/C30H46B2F3NO5Si/c1-26(2)27(3,4)39-31(38-26)23(19-30(33,34)35)25(32-40-28(5,6)29(7,8)41-32)22-12-13-24-21(18-22)14-15-36(24)20-37-16-17-42(9,10)11/h12-15,18H,16-17,19-20H2,1-11H3/b25-23-. The predicted octanol–water partition coefficient (Wildman–Crippen LogP) is 7.92. The van der Waals surface area contributed by atoms with Crippen molar-refractivity contribution < 1.29 is 36.5 Å². The summed E-state index contributed by atoms with van der Waals surface area (Å²) in [4.78, 5) is 0. The summed E-state index contributed by atoms with van der Waals surface area (Å²) < 4.78 is 75.8. The van der Waals surface area contributed by atoms with Gasteiger partial charge in [-0.2, -0.15) is 13.2 Å². The second kappa shape index (κ2) is 11.1. The molecule has 2 aliphatic rings. The first-order chi connectivity index (χ1) is 19.0. The van der Waals surface area contributed by atoms with Gasteiger partial charge in [0.25, 0.3) is 0 Å². The van der Waals surface area contributed by atoms with Crippen LogP contribution in [-0.2, 0) is 30.1 Å². The maximum absolute atomic E-state index is 14.2. The van der Waals surface area contributed by atoms with Crippen molar-refractivity contribution in [2.75, 3.05) is 6.61 Å². The molecular formula is C30H46B2F3NO5Si. The van der Waals surface area contributed by atoms with Crippen LogP contribution in [0, 0.1) is 0 Å². The zero-order chi connectivity index (χ0) is 31.5. The molecule has 0 saturated carbocycles. The van der Waals surface area contributed by atoms with E-state index in [0.29, 0.717) is 18.9 Å². The van der Waals surface area contributed by atoms with Crippen molar-refractivity contribution in [2.45, 2.75) is 123 Å². The SMILES string of the molecule is CC1(C)OB(/C(CC(F)(F)F)=C(\B2OC(C)(C)C(C)(C)O2)c2ccc3c(ccn3COCC[Si](C)(C)C)c2)OC1(C)C. The van der Waals surface area contributed by atoms with Gasteiger partial charge in [-0.05, 0) is 96.1 Å². The van der Waals surface area contributed by atoms with Crippen LogP contribution in [0.3, 0.4) is 0 Å². The number of fused-ring (bicyclic) bond motifs is 1. The highest BCUT2D eigenvalue weighted by Crippen LogP contribution is 2.46. The second-order valence-electron chi connectivity index (χ2n) is 14.8. The minimum atomic E-state index is -4.52. The van der Waals surface area contributed by atoms with Crippen LogP contribution < -0.4 is 0 Å². The molecule has 42 heavy (non-hydrogen) atoms. The van der Waals surface area contributed by atoms with Crippen LogP contribution in [0.15, 0.2) is 35.9 Å². The molecule has 1 aromatic carbocycles. The van der Waals surface area contributed by atoms with Crippen molar-refractivity contribution in [2.24, 2.45) is 0 Å². The van der Waals surface area contributed by atoms with E-state index in [0.717, 1.165) is 16.9 Å². The Morgan fingerprint density at radius 3 is 1.86 bits per heavy atom. The normalized spacial score (nSPS) is 22.2.